The summed E-state index contributed by atoms with van der Waals surface area (Å²) in [5.74, 6) is 0.516. The highest BCUT2D eigenvalue weighted by Crippen LogP contribution is 2.62. The Bertz CT molecular complexity index is 954. The van der Waals surface area contributed by atoms with Crippen molar-refractivity contribution in [3.05, 3.63) is 52.6 Å². The molecule has 2 atom stereocenters. The number of nitrogens with zero attached hydrogens (tertiary/aromatic N) is 2. The smallest absolute Gasteiger partial charge is 0.340 e. The first-order chi connectivity index (χ1) is 14.9. The van der Waals surface area contributed by atoms with E-state index >= 15 is 0 Å². The van der Waals surface area contributed by atoms with Gasteiger partial charge >= 0.3 is 7.60 Å². The standard InChI is InChI=1S/C21H32N2O6P2/c1-5-27-16-30(25)21(31(26,28-6-2)29-7-3)14-13-19-22-18(15-20(24)23(19)4)17-11-9-8-10-12-17/h8-12,15,21,30H,5-7,13-14,16H2,1-4H3. The highest BCUT2D eigenvalue weighted by atomic mass is 31.2. The van der Waals surface area contributed by atoms with Crippen LogP contribution < -0.4 is 5.56 Å². The zero-order valence-corrected chi connectivity index (χ0v) is 20.5. The predicted octanol–water partition coefficient (Wildman–Crippen LogP) is 4.53. The predicted molar refractivity (Wildman–Crippen MR) is 123 cm³/mol. The number of aryl methyl sites for hydroxylation is 1. The van der Waals surface area contributed by atoms with Gasteiger partial charge in [-0.1, -0.05) is 30.3 Å². The van der Waals surface area contributed by atoms with Gasteiger partial charge < -0.3 is 18.3 Å². The number of ether oxygens (including phenoxy) is 1. The van der Waals surface area contributed by atoms with Gasteiger partial charge in [0.2, 0.25) is 0 Å². The minimum Gasteiger partial charge on any atom is -0.374 e. The highest BCUT2D eigenvalue weighted by Gasteiger charge is 2.39. The molecule has 0 aliphatic heterocycles. The van der Waals surface area contributed by atoms with Gasteiger partial charge in [0, 0.05) is 31.7 Å². The Morgan fingerprint density at radius 3 is 2.32 bits per heavy atom. The molecule has 0 saturated carbocycles. The van der Waals surface area contributed by atoms with Crippen molar-refractivity contribution < 1.29 is 22.9 Å². The first-order valence-corrected chi connectivity index (χ1v) is 13.8. The van der Waals surface area contributed by atoms with Crippen molar-refractivity contribution in [2.45, 2.75) is 39.0 Å². The molecule has 0 radical (unpaired) electrons. The maximum Gasteiger partial charge on any atom is 0.340 e. The molecule has 2 rings (SSSR count). The average Bonchev–Trinajstić information content (AvgIpc) is 2.76. The van der Waals surface area contributed by atoms with E-state index in [1.165, 1.54) is 10.6 Å². The number of aromatic nitrogens is 2. The quantitative estimate of drug-likeness (QED) is 0.397. The van der Waals surface area contributed by atoms with E-state index in [4.69, 9.17) is 13.8 Å². The van der Waals surface area contributed by atoms with Crippen molar-refractivity contribution in [1.29, 1.82) is 0 Å². The summed E-state index contributed by atoms with van der Waals surface area (Å²) >= 11 is 0. The van der Waals surface area contributed by atoms with E-state index in [0.29, 0.717) is 24.5 Å². The Morgan fingerprint density at radius 2 is 1.74 bits per heavy atom. The van der Waals surface area contributed by atoms with E-state index in [-0.39, 0.29) is 31.5 Å². The summed E-state index contributed by atoms with van der Waals surface area (Å²) in [6.45, 7) is 6.01. The largest absolute Gasteiger partial charge is 0.374 e. The van der Waals surface area contributed by atoms with Crippen LogP contribution in [0, 0.1) is 0 Å². The number of rotatable bonds is 13. The molecule has 1 aromatic heterocycles. The van der Waals surface area contributed by atoms with Crippen LogP contribution in [0.25, 0.3) is 11.3 Å². The molecule has 1 heterocycles. The van der Waals surface area contributed by atoms with Crippen molar-refractivity contribution in [3.63, 3.8) is 0 Å². The van der Waals surface area contributed by atoms with Crippen LogP contribution in [-0.4, -0.2) is 41.1 Å². The zero-order chi connectivity index (χ0) is 22.9. The van der Waals surface area contributed by atoms with Gasteiger partial charge in [-0.3, -0.25) is 13.9 Å². The van der Waals surface area contributed by atoms with Crippen LogP contribution in [0.15, 0.2) is 41.2 Å². The van der Waals surface area contributed by atoms with Crippen LogP contribution in [0.4, 0.5) is 0 Å². The summed E-state index contributed by atoms with van der Waals surface area (Å²) in [7, 11) is -4.43. The number of benzene rings is 1. The molecule has 0 spiro atoms. The molecule has 0 bridgehead atoms. The van der Waals surface area contributed by atoms with Crippen LogP contribution in [0.3, 0.4) is 0 Å². The van der Waals surface area contributed by atoms with Crippen molar-refractivity contribution in [2.75, 3.05) is 26.2 Å². The Kier molecular flexibility index (Phi) is 10.3. The van der Waals surface area contributed by atoms with Gasteiger partial charge in [-0.25, -0.2) is 4.98 Å². The Labute approximate surface area is 184 Å². The van der Waals surface area contributed by atoms with Crippen molar-refractivity contribution in [2.24, 2.45) is 7.05 Å². The molecular weight excluding hydrogens is 438 g/mol. The van der Waals surface area contributed by atoms with E-state index < -0.39 is 20.8 Å². The Hall–Kier alpha value is -1.56. The first-order valence-electron chi connectivity index (χ1n) is 10.5. The minimum atomic E-state index is -3.62. The SMILES string of the molecule is CCOC[PH](=O)C(CCc1nc(-c2ccccc2)cc(=O)n1C)P(=O)(OCC)OCC. The molecule has 0 saturated heterocycles. The minimum absolute atomic E-state index is 0.00634. The highest BCUT2D eigenvalue weighted by molar-refractivity contribution is 7.68. The molecule has 0 aliphatic rings. The molecule has 0 amide bonds. The van der Waals surface area contributed by atoms with Crippen LogP contribution in [0.5, 0.6) is 0 Å². The van der Waals surface area contributed by atoms with E-state index in [9.17, 15) is 13.9 Å². The lowest BCUT2D eigenvalue weighted by Gasteiger charge is -2.26. The number of hydrogen-bond acceptors (Lipinski definition) is 7. The molecule has 10 heteroatoms. The summed E-state index contributed by atoms with van der Waals surface area (Å²) < 4.78 is 44.2. The fourth-order valence-corrected chi connectivity index (χ4v) is 7.95. The molecule has 31 heavy (non-hydrogen) atoms. The van der Waals surface area contributed by atoms with Crippen molar-refractivity contribution in [1.82, 2.24) is 9.55 Å². The summed E-state index contributed by atoms with van der Waals surface area (Å²) in [4.78, 5) is 17.1. The average molecular weight is 470 g/mol. The van der Waals surface area contributed by atoms with Gasteiger partial charge in [0.15, 0.2) is 0 Å². The van der Waals surface area contributed by atoms with E-state index in [1.54, 1.807) is 20.9 Å². The monoisotopic (exact) mass is 470 g/mol. The normalized spacial score (nSPS) is 13.8. The van der Waals surface area contributed by atoms with Crippen molar-refractivity contribution in [3.8, 4) is 11.3 Å². The van der Waals surface area contributed by atoms with Crippen molar-refractivity contribution >= 4 is 15.4 Å². The summed E-state index contributed by atoms with van der Waals surface area (Å²) in [5, 5.41) is -0.818. The second-order valence-electron chi connectivity index (χ2n) is 6.85. The van der Waals surface area contributed by atoms with E-state index in [1.807, 2.05) is 37.3 Å². The summed E-state index contributed by atoms with van der Waals surface area (Å²) in [5.41, 5.74) is 1.20. The first kappa shape index (κ1) is 25.7. The van der Waals surface area contributed by atoms with Crippen LogP contribution in [-0.2, 0) is 36.4 Å². The third kappa shape index (κ3) is 6.96. The lowest BCUT2D eigenvalue weighted by atomic mass is 10.1. The molecule has 172 valence electrons. The second kappa shape index (κ2) is 12.5. The molecule has 1 aromatic carbocycles. The molecule has 2 aromatic rings. The lowest BCUT2D eigenvalue weighted by molar-refractivity contribution is 0.191. The van der Waals surface area contributed by atoms with Gasteiger partial charge in [0.1, 0.15) is 19.0 Å². The molecule has 8 nitrogen and oxygen atoms in total. The maximum absolute atomic E-state index is 13.4. The Balaban J connectivity index is 2.35. The third-order valence-electron chi connectivity index (χ3n) is 4.76. The van der Waals surface area contributed by atoms with E-state index in [2.05, 4.69) is 4.98 Å². The molecular formula is C21H32N2O6P2. The molecule has 0 fully saturated rings. The second-order valence-corrected chi connectivity index (χ2v) is 11.5. The molecule has 0 N–H and O–H groups in total. The lowest BCUT2D eigenvalue weighted by Crippen LogP contribution is -2.23. The summed E-state index contributed by atoms with van der Waals surface area (Å²) in [6.07, 6.45) is 0.538. The van der Waals surface area contributed by atoms with Crippen LogP contribution in [0.1, 0.15) is 33.0 Å². The third-order valence-corrected chi connectivity index (χ3v) is 10.3. The topological polar surface area (TPSA) is 96.7 Å². The Morgan fingerprint density at radius 1 is 1.10 bits per heavy atom. The van der Waals surface area contributed by atoms with Gasteiger partial charge in [-0.15, -0.1) is 0 Å². The maximum atomic E-state index is 13.4. The molecule has 0 aliphatic carbocycles. The van der Waals surface area contributed by atoms with Crippen LogP contribution in [0.2, 0.25) is 0 Å². The van der Waals surface area contributed by atoms with Gasteiger partial charge in [-0.2, -0.15) is 0 Å². The van der Waals surface area contributed by atoms with Crippen LogP contribution >= 0.6 is 15.4 Å². The van der Waals surface area contributed by atoms with E-state index in [0.717, 1.165) is 5.56 Å². The summed E-state index contributed by atoms with van der Waals surface area (Å²) in [6, 6.07) is 10.9. The van der Waals surface area contributed by atoms with Gasteiger partial charge in [0.25, 0.3) is 5.56 Å². The number of hydrogen-bond donors (Lipinski definition) is 0. The zero-order valence-electron chi connectivity index (χ0n) is 18.6. The van der Waals surface area contributed by atoms with Gasteiger partial charge in [-0.05, 0) is 27.2 Å². The fraction of sp³-hybridized carbons (Fsp3) is 0.524. The molecule has 2 unspecified atom stereocenters. The fourth-order valence-electron chi connectivity index (χ4n) is 3.20. The van der Waals surface area contributed by atoms with Gasteiger partial charge in [0.05, 0.1) is 25.3 Å².